The van der Waals surface area contributed by atoms with Gasteiger partial charge in [0.15, 0.2) is 0 Å². The van der Waals surface area contributed by atoms with Gasteiger partial charge in [0, 0.05) is 12.0 Å². The predicted octanol–water partition coefficient (Wildman–Crippen LogP) is 2.11. The summed E-state index contributed by atoms with van der Waals surface area (Å²) < 4.78 is 8.05. The van der Waals surface area contributed by atoms with Crippen LogP contribution in [0, 0.1) is 16.0 Å². The lowest BCUT2D eigenvalue weighted by atomic mass is 9.90. The number of nitrogens with one attached hydrogen (secondary N) is 1. The summed E-state index contributed by atoms with van der Waals surface area (Å²) in [6.45, 7) is 4.51. The minimum absolute atomic E-state index is 0.265. The van der Waals surface area contributed by atoms with E-state index in [4.69, 9.17) is 17.0 Å². The first-order chi connectivity index (χ1) is 8.53. The van der Waals surface area contributed by atoms with Crippen molar-refractivity contribution in [1.82, 2.24) is 14.6 Å². The molecule has 0 atom stereocenters. The molecular formula is C12H12N4OS. The van der Waals surface area contributed by atoms with E-state index in [1.807, 2.05) is 13.8 Å². The summed E-state index contributed by atoms with van der Waals surface area (Å²) in [5, 5.41) is 16.3. The third-order valence-corrected chi connectivity index (χ3v) is 3.69. The van der Waals surface area contributed by atoms with Crippen molar-refractivity contribution in [3.8, 4) is 6.07 Å². The standard InChI is InChI=1S/C12H12N4OS/c1-12(2)3-7-8(4-13)11(18)16-6-14-15-10(16)9(7)5-17-12/h6,15H,3,5H2,1-2H3. The second-order valence-corrected chi connectivity index (χ2v) is 5.44. The highest BCUT2D eigenvalue weighted by Gasteiger charge is 2.30. The Kier molecular flexibility index (Phi) is 2.30. The normalized spacial score (nSPS) is 17.4. The number of hydrogen-bond donors (Lipinski definition) is 1. The summed E-state index contributed by atoms with van der Waals surface area (Å²) in [5.74, 6) is 0. The van der Waals surface area contributed by atoms with Crippen LogP contribution in [-0.2, 0) is 17.8 Å². The molecule has 2 aromatic rings. The Bertz CT molecular complexity index is 735. The van der Waals surface area contributed by atoms with Crippen LogP contribution in [0.1, 0.15) is 30.5 Å². The van der Waals surface area contributed by atoms with Gasteiger partial charge in [-0.05, 0) is 19.4 Å². The monoisotopic (exact) mass is 260 g/mol. The van der Waals surface area contributed by atoms with Crippen LogP contribution in [0.3, 0.4) is 0 Å². The van der Waals surface area contributed by atoms with Crippen molar-refractivity contribution >= 4 is 17.9 Å². The molecule has 3 rings (SSSR count). The first-order valence-electron chi connectivity index (χ1n) is 5.67. The van der Waals surface area contributed by atoms with Gasteiger partial charge in [0.1, 0.15) is 22.7 Å². The predicted molar refractivity (Wildman–Crippen MR) is 67.7 cm³/mol. The topological polar surface area (TPSA) is 66.1 Å². The van der Waals surface area contributed by atoms with Gasteiger partial charge in [-0.2, -0.15) is 10.4 Å². The fraction of sp³-hybridized carbons (Fsp3) is 0.417. The number of nitrogens with zero attached hydrogens (tertiary/aromatic N) is 3. The van der Waals surface area contributed by atoms with E-state index in [1.165, 1.54) is 0 Å². The Hall–Kier alpha value is -1.71. The maximum atomic E-state index is 9.34. The molecule has 1 aliphatic heterocycles. The van der Waals surface area contributed by atoms with Crippen molar-refractivity contribution < 1.29 is 4.74 Å². The molecule has 3 heterocycles. The molecule has 0 unspecified atom stereocenters. The molecule has 0 saturated heterocycles. The Morgan fingerprint density at radius 2 is 2.33 bits per heavy atom. The zero-order valence-electron chi connectivity index (χ0n) is 10.1. The number of pyridine rings is 1. The summed E-state index contributed by atoms with van der Waals surface area (Å²) in [5.41, 5.74) is 3.10. The zero-order chi connectivity index (χ0) is 12.9. The smallest absolute Gasteiger partial charge is 0.139 e. The molecule has 0 fully saturated rings. The number of fused-ring (bicyclic) bond motifs is 3. The molecule has 2 aromatic heterocycles. The highest BCUT2D eigenvalue weighted by Crippen LogP contribution is 2.32. The van der Waals surface area contributed by atoms with Gasteiger partial charge < -0.3 is 4.74 Å². The van der Waals surface area contributed by atoms with Crippen molar-refractivity contribution in [2.24, 2.45) is 0 Å². The number of rotatable bonds is 0. The molecule has 0 spiro atoms. The first kappa shape index (κ1) is 11.4. The average molecular weight is 260 g/mol. The highest BCUT2D eigenvalue weighted by molar-refractivity contribution is 7.71. The van der Waals surface area contributed by atoms with Gasteiger partial charge >= 0.3 is 0 Å². The van der Waals surface area contributed by atoms with Gasteiger partial charge in [0.2, 0.25) is 0 Å². The van der Waals surface area contributed by atoms with E-state index in [0.29, 0.717) is 23.2 Å². The molecular weight excluding hydrogens is 248 g/mol. The molecule has 5 nitrogen and oxygen atoms in total. The van der Waals surface area contributed by atoms with Crippen LogP contribution in [0.15, 0.2) is 6.33 Å². The number of H-pyrrole nitrogens is 1. The van der Waals surface area contributed by atoms with Crippen LogP contribution in [-0.4, -0.2) is 20.2 Å². The van der Waals surface area contributed by atoms with E-state index in [-0.39, 0.29) is 5.60 Å². The van der Waals surface area contributed by atoms with E-state index >= 15 is 0 Å². The molecule has 0 aliphatic carbocycles. The summed E-state index contributed by atoms with van der Waals surface area (Å²) >= 11 is 5.35. The van der Waals surface area contributed by atoms with Crippen molar-refractivity contribution in [2.45, 2.75) is 32.5 Å². The van der Waals surface area contributed by atoms with Crippen LogP contribution in [0.5, 0.6) is 0 Å². The Morgan fingerprint density at radius 3 is 3.06 bits per heavy atom. The van der Waals surface area contributed by atoms with E-state index in [0.717, 1.165) is 16.8 Å². The molecule has 0 radical (unpaired) electrons. The number of aromatic nitrogens is 3. The van der Waals surface area contributed by atoms with E-state index < -0.39 is 0 Å². The maximum Gasteiger partial charge on any atom is 0.139 e. The van der Waals surface area contributed by atoms with Gasteiger partial charge in [-0.3, -0.25) is 9.50 Å². The maximum absolute atomic E-state index is 9.34. The second-order valence-electron chi connectivity index (χ2n) is 5.05. The molecule has 1 aliphatic rings. The summed E-state index contributed by atoms with van der Waals surface area (Å²) in [4.78, 5) is 0. The fourth-order valence-electron chi connectivity index (χ4n) is 2.38. The molecule has 18 heavy (non-hydrogen) atoms. The molecule has 0 aromatic carbocycles. The number of ether oxygens (including phenoxy) is 1. The third kappa shape index (κ3) is 1.48. The van der Waals surface area contributed by atoms with Gasteiger partial charge in [0.05, 0.1) is 17.8 Å². The van der Waals surface area contributed by atoms with Crippen LogP contribution >= 0.6 is 12.2 Å². The van der Waals surface area contributed by atoms with Crippen LogP contribution in [0.4, 0.5) is 0 Å². The number of hydrogen-bond acceptors (Lipinski definition) is 4. The number of nitriles is 1. The molecule has 92 valence electrons. The first-order valence-corrected chi connectivity index (χ1v) is 6.08. The lowest BCUT2D eigenvalue weighted by Gasteiger charge is -2.32. The lowest BCUT2D eigenvalue weighted by Crippen LogP contribution is -2.33. The zero-order valence-corrected chi connectivity index (χ0v) is 11.0. The largest absolute Gasteiger partial charge is 0.370 e. The van der Waals surface area contributed by atoms with E-state index in [9.17, 15) is 5.26 Å². The minimum Gasteiger partial charge on any atom is -0.370 e. The van der Waals surface area contributed by atoms with Crippen molar-refractivity contribution in [3.05, 3.63) is 27.7 Å². The fourth-order valence-corrected chi connectivity index (χ4v) is 2.69. The molecule has 1 N–H and O–H groups in total. The summed E-state index contributed by atoms with van der Waals surface area (Å²) in [6.07, 6.45) is 2.28. The third-order valence-electron chi connectivity index (χ3n) is 3.29. The number of aromatic amines is 1. The van der Waals surface area contributed by atoms with Gasteiger partial charge in [0.25, 0.3) is 0 Å². The minimum atomic E-state index is -0.265. The Balaban J connectivity index is 2.42. The Labute approximate surface area is 109 Å². The SMILES string of the molecule is CC1(C)Cc2c(C#N)c(=S)n3cn[nH]c3c2CO1. The van der Waals surface area contributed by atoms with Crippen molar-refractivity contribution in [3.63, 3.8) is 0 Å². The Morgan fingerprint density at radius 1 is 1.56 bits per heavy atom. The highest BCUT2D eigenvalue weighted by atomic mass is 32.1. The quantitative estimate of drug-likeness (QED) is 0.737. The van der Waals surface area contributed by atoms with Crippen LogP contribution < -0.4 is 0 Å². The molecule has 6 heteroatoms. The van der Waals surface area contributed by atoms with Gasteiger partial charge in [-0.25, -0.2) is 0 Å². The van der Waals surface area contributed by atoms with Crippen molar-refractivity contribution in [2.75, 3.05) is 0 Å². The summed E-state index contributed by atoms with van der Waals surface area (Å²) in [7, 11) is 0. The summed E-state index contributed by atoms with van der Waals surface area (Å²) in [6, 6.07) is 2.22. The van der Waals surface area contributed by atoms with Crippen molar-refractivity contribution in [1.29, 1.82) is 5.26 Å². The average Bonchev–Trinajstić information content (AvgIpc) is 2.77. The molecule has 0 saturated carbocycles. The van der Waals surface area contributed by atoms with E-state index in [2.05, 4.69) is 16.3 Å². The lowest BCUT2D eigenvalue weighted by molar-refractivity contribution is -0.0397. The molecule has 0 bridgehead atoms. The van der Waals surface area contributed by atoms with Gasteiger partial charge in [-0.15, -0.1) is 0 Å². The van der Waals surface area contributed by atoms with Gasteiger partial charge in [-0.1, -0.05) is 12.2 Å². The van der Waals surface area contributed by atoms with E-state index in [1.54, 1.807) is 10.7 Å². The molecule has 0 amide bonds. The van der Waals surface area contributed by atoms with Crippen LogP contribution in [0.2, 0.25) is 0 Å². The second kappa shape index (κ2) is 3.64. The van der Waals surface area contributed by atoms with Crippen LogP contribution in [0.25, 0.3) is 5.65 Å².